The van der Waals surface area contributed by atoms with Gasteiger partial charge in [-0.1, -0.05) is 5.92 Å². The molecule has 1 aliphatic heterocycles. The molecule has 5 heteroatoms. The first-order chi connectivity index (χ1) is 13.8. The molecular weight excluding hydrogens is 366 g/mol. The summed E-state index contributed by atoms with van der Waals surface area (Å²) in [5.74, 6) is 5.27. The molecule has 3 rings (SSSR count). The summed E-state index contributed by atoms with van der Waals surface area (Å²) < 4.78 is 4.93. The molecule has 2 fully saturated rings. The van der Waals surface area contributed by atoms with E-state index in [2.05, 4.69) is 11.8 Å². The normalized spacial score (nSPS) is 19.2. The quantitative estimate of drug-likeness (QED) is 0.583. The number of Topliss-reactive ketones (excluding diaryl/α,β-unsaturated/α-hetero) is 2. The molecule has 1 saturated carbocycles. The van der Waals surface area contributed by atoms with E-state index in [9.17, 15) is 14.4 Å². The van der Waals surface area contributed by atoms with Crippen LogP contribution in [0.5, 0.6) is 0 Å². The number of aryl methyl sites for hydroxylation is 2. The van der Waals surface area contributed by atoms with Crippen LogP contribution in [-0.4, -0.2) is 49.2 Å². The van der Waals surface area contributed by atoms with E-state index in [1.54, 1.807) is 11.8 Å². The summed E-state index contributed by atoms with van der Waals surface area (Å²) in [4.78, 5) is 40.1. The van der Waals surface area contributed by atoms with Crippen molar-refractivity contribution in [1.29, 1.82) is 0 Å². The number of carbonyl (C=O) groups is 3. The van der Waals surface area contributed by atoms with Gasteiger partial charge in [-0.05, 0) is 67.9 Å². The van der Waals surface area contributed by atoms with Crippen molar-refractivity contribution in [3.63, 3.8) is 0 Å². The van der Waals surface area contributed by atoms with E-state index in [4.69, 9.17) is 4.74 Å². The van der Waals surface area contributed by atoms with E-state index in [0.29, 0.717) is 38.8 Å². The Labute approximate surface area is 172 Å². The number of ether oxygens (including phenoxy) is 1. The molecule has 1 amide bonds. The van der Waals surface area contributed by atoms with Crippen LogP contribution in [0.15, 0.2) is 12.1 Å². The summed E-state index contributed by atoms with van der Waals surface area (Å²) >= 11 is 0. The third-order valence-electron chi connectivity index (χ3n) is 6.34. The van der Waals surface area contributed by atoms with Crippen LogP contribution in [-0.2, 0) is 19.1 Å². The van der Waals surface area contributed by atoms with Crippen LogP contribution in [0, 0.1) is 31.1 Å². The Balaban J connectivity index is 1.78. The average Bonchev–Trinajstić information content (AvgIpc) is 2.64. The molecule has 0 aromatic heterocycles. The van der Waals surface area contributed by atoms with Gasteiger partial charge in [0, 0.05) is 38.6 Å². The molecule has 1 aromatic rings. The van der Waals surface area contributed by atoms with Gasteiger partial charge in [-0.3, -0.25) is 14.4 Å². The number of methoxy groups -OCH3 is 1. The summed E-state index contributed by atoms with van der Waals surface area (Å²) in [6.45, 7) is 6.93. The summed E-state index contributed by atoms with van der Waals surface area (Å²) in [6.07, 6.45) is 2.20. The predicted octanol–water partition coefficient (Wildman–Crippen LogP) is 2.95. The SMILES string of the molecule is CC#Cc1cc(C)c(C2C(=O)CC3(CCN(C(=O)COC)CC3)CC2=O)c(C)c1. The zero-order chi connectivity index (χ0) is 21.2. The Bertz CT molecular complexity index is 854. The van der Waals surface area contributed by atoms with Crippen molar-refractivity contribution in [1.82, 2.24) is 4.90 Å². The maximum atomic E-state index is 13.2. The topological polar surface area (TPSA) is 63.7 Å². The van der Waals surface area contributed by atoms with Crippen molar-refractivity contribution >= 4 is 17.5 Å². The van der Waals surface area contributed by atoms with E-state index in [-0.39, 0.29) is 29.5 Å². The second-order valence-corrected chi connectivity index (χ2v) is 8.43. The predicted molar refractivity (Wildman–Crippen MR) is 111 cm³/mol. The maximum absolute atomic E-state index is 13.2. The molecule has 1 aromatic carbocycles. The van der Waals surface area contributed by atoms with Crippen molar-refractivity contribution in [2.75, 3.05) is 26.8 Å². The number of piperidine rings is 1. The first-order valence-electron chi connectivity index (χ1n) is 10.2. The van der Waals surface area contributed by atoms with Gasteiger partial charge in [0.1, 0.15) is 24.1 Å². The molecule has 1 saturated heterocycles. The molecule has 0 N–H and O–H groups in total. The number of hydrogen-bond donors (Lipinski definition) is 0. The number of hydrogen-bond acceptors (Lipinski definition) is 4. The largest absolute Gasteiger partial charge is 0.375 e. The lowest BCUT2D eigenvalue weighted by molar-refractivity contribution is -0.141. The Morgan fingerprint density at radius 2 is 1.69 bits per heavy atom. The lowest BCUT2D eigenvalue weighted by atomic mass is 9.62. The van der Waals surface area contributed by atoms with Crippen LogP contribution in [0.1, 0.15) is 60.8 Å². The van der Waals surface area contributed by atoms with E-state index in [1.807, 2.05) is 26.0 Å². The van der Waals surface area contributed by atoms with Gasteiger partial charge in [-0.2, -0.15) is 0 Å². The highest BCUT2D eigenvalue weighted by atomic mass is 16.5. The first-order valence-corrected chi connectivity index (χ1v) is 10.2. The number of likely N-dealkylation sites (tertiary alicyclic amines) is 1. The van der Waals surface area contributed by atoms with Gasteiger partial charge < -0.3 is 9.64 Å². The molecule has 154 valence electrons. The van der Waals surface area contributed by atoms with Crippen molar-refractivity contribution in [3.8, 4) is 11.8 Å². The zero-order valence-corrected chi connectivity index (χ0v) is 17.8. The van der Waals surface area contributed by atoms with Gasteiger partial charge in [0.25, 0.3) is 0 Å². The van der Waals surface area contributed by atoms with E-state index >= 15 is 0 Å². The number of benzene rings is 1. The average molecular weight is 395 g/mol. The Kier molecular flexibility index (Phi) is 6.24. The minimum absolute atomic E-state index is 0.0124. The maximum Gasteiger partial charge on any atom is 0.248 e. The van der Waals surface area contributed by atoms with Gasteiger partial charge in [-0.15, -0.1) is 5.92 Å². The van der Waals surface area contributed by atoms with Crippen LogP contribution >= 0.6 is 0 Å². The smallest absolute Gasteiger partial charge is 0.248 e. The van der Waals surface area contributed by atoms with Crippen molar-refractivity contribution in [3.05, 3.63) is 34.4 Å². The van der Waals surface area contributed by atoms with E-state index < -0.39 is 5.92 Å². The molecule has 2 aliphatic rings. The van der Waals surface area contributed by atoms with Gasteiger partial charge >= 0.3 is 0 Å². The van der Waals surface area contributed by atoms with Crippen LogP contribution in [0.25, 0.3) is 0 Å². The van der Waals surface area contributed by atoms with Gasteiger partial charge in [0.15, 0.2) is 0 Å². The third kappa shape index (κ3) is 4.28. The highest BCUT2D eigenvalue weighted by molar-refractivity contribution is 6.10. The minimum Gasteiger partial charge on any atom is -0.375 e. The lowest BCUT2D eigenvalue weighted by Gasteiger charge is -2.44. The fraction of sp³-hybridized carbons (Fsp3) is 0.542. The zero-order valence-electron chi connectivity index (χ0n) is 17.8. The summed E-state index contributed by atoms with van der Waals surface area (Å²) in [5.41, 5.74) is 3.36. The minimum atomic E-state index is -0.669. The first kappa shape index (κ1) is 21.3. The van der Waals surface area contributed by atoms with Crippen molar-refractivity contribution in [2.45, 2.75) is 52.4 Å². The second kappa shape index (κ2) is 8.51. The second-order valence-electron chi connectivity index (χ2n) is 8.43. The number of rotatable bonds is 3. The summed E-state index contributed by atoms with van der Waals surface area (Å²) in [7, 11) is 1.51. The number of amides is 1. The van der Waals surface area contributed by atoms with Gasteiger partial charge in [0.05, 0.1) is 0 Å². The number of ketones is 2. The van der Waals surface area contributed by atoms with Crippen LogP contribution < -0.4 is 0 Å². The molecule has 0 bridgehead atoms. The van der Waals surface area contributed by atoms with E-state index in [1.165, 1.54) is 7.11 Å². The molecule has 1 aliphatic carbocycles. The van der Waals surface area contributed by atoms with Crippen LogP contribution in [0.4, 0.5) is 0 Å². The highest BCUT2D eigenvalue weighted by Gasteiger charge is 2.47. The fourth-order valence-corrected chi connectivity index (χ4v) is 4.95. The van der Waals surface area contributed by atoms with Crippen LogP contribution in [0.3, 0.4) is 0 Å². The lowest BCUT2D eigenvalue weighted by Crippen LogP contribution is -2.49. The van der Waals surface area contributed by atoms with Crippen molar-refractivity contribution in [2.24, 2.45) is 5.41 Å². The summed E-state index contributed by atoms with van der Waals surface area (Å²) in [6, 6.07) is 3.92. The van der Waals surface area contributed by atoms with Crippen LogP contribution in [0.2, 0.25) is 0 Å². The van der Waals surface area contributed by atoms with Gasteiger partial charge in [-0.25, -0.2) is 0 Å². The fourth-order valence-electron chi connectivity index (χ4n) is 4.95. The molecule has 0 atom stereocenters. The highest BCUT2D eigenvalue weighted by Crippen LogP contribution is 2.46. The Morgan fingerprint density at radius 1 is 1.14 bits per heavy atom. The summed E-state index contributed by atoms with van der Waals surface area (Å²) in [5, 5.41) is 0. The number of carbonyl (C=O) groups excluding carboxylic acids is 3. The number of nitrogens with zero attached hydrogens (tertiary/aromatic N) is 1. The van der Waals surface area contributed by atoms with E-state index in [0.717, 1.165) is 22.3 Å². The Hall–Kier alpha value is -2.45. The molecule has 5 nitrogen and oxygen atoms in total. The standard InChI is InChI=1S/C24H29NO4/c1-5-6-18-11-16(2)22(17(3)12-18)23-19(26)13-24(14-20(23)27)7-9-25(10-8-24)21(28)15-29-4/h11-12,23H,7-10,13-15H2,1-4H3. The molecule has 1 heterocycles. The molecule has 29 heavy (non-hydrogen) atoms. The van der Waals surface area contributed by atoms with Crippen molar-refractivity contribution < 1.29 is 19.1 Å². The third-order valence-corrected chi connectivity index (χ3v) is 6.34. The van der Waals surface area contributed by atoms with Gasteiger partial charge in [0.2, 0.25) is 5.91 Å². The molecule has 0 unspecified atom stereocenters. The monoisotopic (exact) mass is 395 g/mol. The molecule has 0 radical (unpaired) electrons. The molecule has 1 spiro atoms. The Morgan fingerprint density at radius 3 is 2.17 bits per heavy atom. The molecular formula is C24H29NO4.